The molecule has 1 rings (SSSR count). The monoisotopic (exact) mass is 335 g/mol. The van der Waals surface area contributed by atoms with Gasteiger partial charge in [-0.3, -0.25) is 10.1 Å². The average molecular weight is 335 g/mol. The Morgan fingerprint density at radius 1 is 1.21 bits per heavy atom. The minimum Gasteiger partial charge on any atom is -0.444 e. The molecule has 2 atom stereocenters. The minimum atomic E-state index is -0.716. The smallest absolute Gasteiger partial charge is 0.414 e. The van der Waals surface area contributed by atoms with Gasteiger partial charge in [0.2, 0.25) is 5.91 Å². The number of amides is 2. The molecule has 134 valence electrons. The molecule has 6 heteroatoms. The Bertz CT molecular complexity index is 505. The highest BCUT2D eigenvalue weighted by atomic mass is 16.5. The Hall–Kier alpha value is -1.92. The van der Waals surface area contributed by atoms with Crippen LogP contribution in [0.2, 0.25) is 0 Å². The molecule has 6 nitrogen and oxygen atoms in total. The van der Waals surface area contributed by atoms with Gasteiger partial charge >= 0.3 is 6.09 Å². The Labute approximate surface area is 144 Å². The second-order valence-electron chi connectivity index (χ2n) is 6.17. The van der Waals surface area contributed by atoms with E-state index in [-0.39, 0.29) is 18.4 Å². The van der Waals surface area contributed by atoms with E-state index in [1.54, 1.807) is 0 Å². The summed E-state index contributed by atoms with van der Waals surface area (Å²) in [5, 5.41) is 5.55. The second-order valence-corrected chi connectivity index (χ2v) is 6.17. The summed E-state index contributed by atoms with van der Waals surface area (Å²) in [5.41, 5.74) is 0.877. The molecule has 0 aliphatic carbocycles. The zero-order valence-electron chi connectivity index (χ0n) is 15.0. The number of carbonyl (C=O) groups excluding carboxylic acids is 2. The molecule has 0 saturated heterocycles. The lowest BCUT2D eigenvalue weighted by molar-refractivity contribution is -0.123. The van der Waals surface area contributed by atoms with Gasteiger partial charge in [0.1, 0.15) is 6.61 Å². The number of ether oxygens (including phenoxy) is 1. The molecule has 0 unspecified atom stereocenters. The van der Waals surface area contributed by atoms with Crippen LogP contribution in [0.15, 0.2) is 30.3 Å². The fourth-order valence-electron chi connectivity index (χ4n) is 2.17. The van der Waals surface area contributed by atoms with Crippen LogP contribution in [0.1, 0.15) is 25.8 Å². The molecule has 0 saturated carbocycles. The molecular weight excluding hydrogens is 306 g/mol. The van der Waals surface area contributed by atoms with Crippen molar-refractivity contribution >= 4 is 12.0 Å². The molecule has 2 N–H and O–H groups in total. The molecule has 24 heavy (non-hydrogen) atoms. The molecule has 0 spiro atoms. The molecule has 0 fully saturated rings. The van der Waals surface area contributed by atoms with Crippen molar-refractivity contribution in [3.8, 4) is 0 Å². The second kappa shape index (κ2) is 10.8. The summed E-state index contributed by atoms with van der Waals surface area (Å²) in [6.07, 6.45) is 0.123. The lowest BCUT2D eigenvalue weighted by atomic mass is 9.98. The molecule has 1 aromatic carbocycles. The predicted octanol–water partition coefficient (Wildman–Crippen LogP) is 2.01. The number of alkyl carbamates (subject to hydrolysis) is 1. The molecule has 0 heterocycles. The van der Waals surface area contributed by atoms with Crippen molar-refractivity contribution in [1.82, 2.24) is 15.5 Å². The Kier molecular flexibility index (Phi) is 9.04. The van der Waals surface area contributed by atoms with E-state index < -0.39 is 12.1 Å². The maximum Gasteiger partial charge on any atom is 0.414 e. The molecule has 1 aromatic rings. The first kappa shape index (κ1) is 20.1. The van der Waals surface area contributed by atoms with Crippen LogP contribution in [0.3, 0.4) is 0 Å². The average Bonchev–Trinajstić information content (AvgIpc) is 2.56. The van der Waals surface area contributed by atoms with E-state index in [1.807, 2.05) is 63.2 Å². The number of nitrogens with one attached hydrogen (secondary N) is 2. The number of rotatable bonds is 9. The third-order valence-electron chi connectivity index (χ3n) is 3.86. The number of likely N-dealkylation sites (N-methyl/N-ethyl adjacent to an activating group) is 1. The SMILES string of the molecule is CC[C@H](C)[C@H](NCCN(C)C)C(=O)NC(=O)OCc1ccccc1. The van der Waals surface area contributed by atoms with Crippen LogP contribution in [-0.2, 0) is 16.1 Å². The summed E-state index contributed by atoms with van der Waals surface area (Å²) in [5.74, 6) is -0.227. The van der Waals surface area contributed by atoms with Gasteiger partial charge in [0.25, 0.3) is 0 Å². The van der Waals surface area contributed by atoms with Gasteiger partial charge in [-0.05, 0) is 25.6 Å². The Morgan fingerprint density at radius 2 is 1.88 bits per heavy atom. The maximum atomic E-state index is 12.4. The zero-order valence-corrected chi connectivity index (χ0v) is 15.0. The highest BCUT2D eigenvalue weighted by Crippen LogP contribution is 2.08. The Morgan fingerprint density at radius 3 is 2.46 bits per heavy atom. The number of carbonyl (C=O) groups is 2. The molecule has 0 aromatic heterocycles. The first-order chi connectivity index (χ1) is 11.4. The van der Waals surface area contributed by atoms with E-state index in [9.17, 15) is 9.59 Å². The lowest BCUT2D eigenvalue weighted by Gasteiger charge is -2.24. The normalized spacial score (nSPS) is 13.4. The number of benzene rings is 1. The van der Waals surface area contributed by atoms with E-state index in [0.29, 0.717) is 6.54 Å². The number of nitrogens with zero attached hydrogens (tertiary/aromatic N) is 1. The largest absolute Gasteiger partial charge is 0.444 e. The maximum absolute atomic E-state index is 12.4. The Balaban J connectivity index is 2.48. The van der Waals surface area contributed by atoms with Crippen LogP contribution in [0.25, 0.3) is 0 Å². The van der Waals surface area contributed by atoms with Crippen molar-refractivity contribution in [2.45, 2.75) is 32.9 Å². The van der Waals surface area contributed by atoms with Gasteiger partial charge in [0.15, 0.2) is 0 Å². The molecule has 0 radical (unpaired) electrons. The quantitative estimate of drug-likeness (QED) is 0.722. The summed E-state index contributed by atoms with van der Waals surface area (Å²) in [4.78, 5) is 26.2. The van der Waals surface area contributed by atoms with Crippen molar-refractivity contribution in [3.63, 3.8) is 0 Å². The third-order valence-corrected chi connectivity index (χ3v) is 3.86. The third kappa shape index (κ3) is 7.57. The van der Waals surface area contributed by atoms with E-state index in [1.165, 1.54) is 0 Å². The van der Waals surface area contributed by atoms with E-state index in [0.717, 1.165) is 18.5 Å². The van der Waals surface area contributed by atoms with E-state index >= 15 is 0 Å². The van der Waals surface area contributed by atoms with E-state index in [4.69, 9.17) is 4.74 Å². The summed E-state index contributed by atoms with van der Waals surface area (Å²) in [6.45, 7) is 5.64. The van der Waals surface area contributed by atoms with Gasteiger partial charge in [-0.2, -0.15) is 0 Å². The van der Waals surface area contributed by atoms with Crippen LogP contribution in [-0.4, -0.2) is 50.1 Å². The number of hydrogen-bond acceptors (Lipinski definition) is 5. The lowest BCUT2D eigenvalue weighted by Crippen LogP contribution is -2.51. The molecule has 2 amide bonds. The van der Waals surface area contributed by atoms with Gasteiger partial charge in [-0.15, -0.1) is 0 Å². The fourth-order valence-corrected chi connectivity index (χ4v) is 2.17. The van der Waals surface area contributed by atoms with Gasteiger partial charge in [0.05, 0.1) is 6.04 Å². The van der Waals surface area contributed by atoms with Crippen LogP contribution >= 0.6 is 0 Å². The molecule has 0 aliphatic heterocycles. The summed E-state index contributed by atoms with van der Waals surface area (Å²) >= 11 is 0. The summed E-state index contributed by atoms with van der Waals surface area (Å²) in [7, 11) is 3.95. The van der Waals surface area contributed by atoms with Gasteiger partial charge < -0.3 is 15.0 Å². The van der Waals surface area contributed by atoms with Gasteiger partial charge in [-0.1, -0.05) is 50.6 Å². The van der Waals surface area contributed by atoms with Gasteiger partial charge in [-0.25, -0.2) is 4.79 Å². The minimum absolute atomic E-state index is 0.120. The van der Waals surface area contributed by atoms with Crippen molar-refractivity contribution in [2.75, 3.05) is 27.2 Å². The first-order valence-corrected chi connectivity index (χ1v) is 8.33. The van der Waals surface area contributed by atoms with Crippen LogP contribution in [0.5, 0.6) is 0 Å². The van der Waals surface area contributed by atoms with Crippen molar-refractivity contribution < 1.29 is 14.3 Å². The standard InChI is InChI=1S/C18H29N3O3/c1-5-14(2)16(19-11-12-21(3)4)17(22)20-18(23)24-13-15-9-7-6-8-10-15/h6-10,14,16,19H,5,11-13H2,1-4H3,(H,20,22,23)/t14-,16-/m0/s1. The molecular formula is C18H29N3O3. The topological polar surface area (TPSA) is 70.7 Å². The van der Waals surface area contributed by atoms with Crippen molar-refractivity contribution in [3.05, 3.63) is 35.9 Å². The van der Waals surface area contributed by atoms with E-state index in [2.05, 4.69) is 10.6 Å². The molecule has 0 bridgehead atoms. The van der Waals surface area contributed by atoms with Crippen LogP contribution in [0, 0.1) is 5.92 Å². The highest BCUT2D eigenvalue weighted by molar-refractivity contribution is 5.95. The number of hydrogen-bond donors (Lipinski definition) is 2. The van der Waals surface area contributed by atoms with Crippen molar-refractivity contribution in [1.29, 1.82) is 0 Å². The van der Waals surface area contributed by atoms with Crippen LogP contribution < -0.4 is 10.6 Å². The zero-order chi connectivity index (χ0) is 17.9. The summed E-state index contributed by atoms with van der Waals surface area (Å²) in [6, 6.07) is 8.94. The first-order valence-electron chi connectivity index (χ1n) is 8.33. The van der Waals surface area contributed by atoms with Gasteiger partial charge in [0, 0.05) is 13.1 Å². The highest BCUT2D eigenvalue weighted by Gasteiger charge is 2.25. The van der Waals surface area contributed by atoms with Crippen LogP contribution in [0.4, 0.5) is 4.79 Å². The predicted molar refractivity (Wildman–Crippen MR) is 94.6 cm³/mol. The fraction of sp³-hybridized carbons (Fsp3) is 0.556. The molecule has 0 aliphatic rings. The summed E-state index contributed by atoms with van der Waals surface area (Å²) < 4.78 is 5.10. The van der Waals surface area contributed by atoms with Crippen molar-refractivity contribution in [2.24, 2.45) is 5.92 Å². The number of imide groups is 1.